The molecule has 0 unspecified atom stereocenters. The van der Waals surface area contributed by atoms with Crippen LogP contribution in [-0.4, -0.2) is 6.04 Å². The van der Waals surface area contributed by atoms with Crippen LogP contribution < -0.4 is 5.32 Å². The van der Waals surface area contributed by atoms with Crippen LogP contribution in [-0.2, 0) is 0 Å². The molecule has 4 rings (SSSR count). The number of fused-ring (bicyclic) bond motifs is 3. The average Bonchev–Trinajstić information content (AvgIpc) is 2.85. The van der Waals surface area contributed by atoms with Crippen LogP contribution in [0.2, 0.25) is 0 Å². The zero-order valence-electron chi connectivity index (χ0n) is 12.8. The summed E-state index contributed by atoms with van der Waals surface area (Å²) in [5.74, 6) is 0.846. The molecule has 0 aromatic heterocycles. The first-order valence-corrected chi connectivity index (χ1v) is 8.38. The van der Waals surface area contributed by atoms with Gasteiger partial charge in [-0.05, 0) is 30.4 Å². The summed E-state index contributed by atoms with van der Waals surface area (Å²) in [7, 11) is 0. The summed E-state index contributed by atoms with van der Waals surface area (Å²) in [6.45, 7) is 2.44. The van der Waals surface area contributed by atoms with Crippen LogP contribution in [0.1, 0.15) is 49.8 Å². The van der Waals surface area contributed by atoms with Crippen molar-refractivity contribution in [2.45, 2.75) is 44.7 Å². The maximum absolute atomic E-state index is 2.66. The fourth-order valence-electron chi connectivity index (χ4n) is 4.28. The SMILES string of the molecule is C[C@H]1CCCC[C@@H]1[NH2+]C1c2ccccc2-c2ccccc21. The minimum atomic E-state index is 0.503. The Morgan fingerprint density at radius 2 is 1.38 bits per heavy atom. The standard InChI is InChI=1S/C20H23N/c1-14-8-2-7-13-19(14)21-20-17-11-5-3-9-15(17)16-10-4-6-12-18(16)20/h3-6,9-12,14,19-21H,2,7-8,13H2,1H3/p+1/t14-,19-/m0/s1. The molecule has 21 heavy (non-hydrogen) atoms. The summed E-state index contributed by atoms with van der Waals surface area (Å²) in [6.07, 6.45) is 5.60. The lowest BCUT2D eigenvalue weighted by Gasteiger charge is -2.29. The van der Waals surface area contributed by atoms with Crippen LogP contribution in [0.3, 0.4) is 0 Å². The zero-order chi connectivity index (χ0) is 14.2. The Hall–Kier alpha value is -1.60. The molecule has 2 atom stereocenters. The van der Waals surface area contributed by atoms with Crippen molar-refractivity contribution in [3.63, 3.8) is 0 Å². The van der Waals surface area contributed by atoms with E-state index in [1.54, 1.807) is 0 Å². The number of hydrogen-bond acceptors (Lipinski definition) is 0. The highest BCUT2D eigenvalue weighted by atomic mass is 15.0. The predicted octanol–water partition coefficient (Wildman–Crippen LogP) is 3.90. The minimum Gasteiger partial charge on any atom is -0.334 e. The summed E-state index contributed by atoms with van der Waals surface area (Å²) in [4.78, 5) is 0. The number of rotatable bonds is 2. The molecule has 0 saturated heterocycles. The second-order valence-electron chi connectivity index (χ2n) is 6.77. The summed E-state index contributed by atoms with van der Waals surface area (Å²) in [5.41, 5.74) is 5.91. The highest BCUT2D eigenvalue weighted by Crippen LogP contribution is 2.41. The molecule has 0 spiro atoms. The van der Waals surface area contributed by atoms with E-state index in [-0.39, 0.29) is 0 Å². The van der Waals surface area contributed by atoms with Crippen LogP contribution in [0.5, 0.6) is 0 Å². The molecule has 0 bridgehead atoms. The first-order chi connectivity index (χ1) is 10.3. The molecule has 1 saturated carbocycles. The molecule has 2 aromatic rings. The first kappa shape index (κ1) is 13.1. The molecule has 1 heteroatoms. The maximum atomic E-state index is 2.66. The van der Waals surface area contributed by atoms with Crippen molar-refractivity contribution in [2.75, 3.05) is 0 Å². The summed E-state index contributed by atoms with van der Waals surface area (Å²) in [6, 6.07) is 19.2. The highest BCUT2D eigenvalue weighted by Gasteiger charge is 2.35. The van der Waals surface area contributed by atoms with E-state index in [1.165, 1.54) is 47.9 Å². The van der Waals surface area contributed by atoms with Gasteiger partial charge in [-0.25, -0.2) is 0 Å². The van der Waals surface area contributed by atoms with Crippen molar-refractivity contribution < 1.29 is 5.32 Å². The monoisotopic (exact) mass is 278 g/mol. The molecule has 2 aliphatic carbocycles. The normalized spacial score (nSPS) is 24.6. The van der Waals surface area contributed by atoms with E-state index < -0.39 is 0 Å². The van der Waals surface area contributed by atoms with E-state index in [9.17, 15) is 0 Å². The third kappa shape index (κ3) is 2.20. The van der Waals surface area contributed by atoms with Gasteiger partial charge in [-0.3, -0.25) is 0 Å². The van der Waals surface area contributed by atoms with Gasteiger partial charge >= 0.3 is 0 Å². The maximum Gasteiger partial charge on any atom is 0.139 e. The van der Waals surface area contributed by atoms with Crippen molar-refractivity contribution in [1.29, 1.82) is 0 Å². The van der Waals surface area contributed by atoms with Crippen LogP contribution >= 0.6 is 0 Å². The lowest BCUT2D eigenvalue weighted by molar-refractivity contribution is -0.726. The van der Waals surface area contributed by atoms with Gasteiger partial charge in [-0.2, -0.15) is 0 Å². The number of benzene rings is 2. The van der Waals surface area contributed by atoms with Gasteiger partial charge < -0.3 is 5.32 Å². The number of quaternary nitrogens is 1. The van der Waals surface area contributed by atoms with Crippen LogP contribution in [0.15, 0.2) is 48.5 Å². The van der Waals surface area contributed by atoms with E-state index in [0.29, 0.717) is 6.04 Å². The Balaban J connectivity index is 1.71. The molecule has 108 valence electrons. The Bertz CT molecular complexity index is 600. The summed E-state index contributed by atoms with van der Waals surface area (Å²) in [5, 5.41) is 2.66. The molecule has 0 aliphatic heterocycles. The van der Waals surface area contributed by atoms with Crippen molar-refractivity contribution in [3.05, 3.63) is 59.7 Å². The molecule has 0 heterocycles. The topological polar surface area (TPSA) is 16.6 Å². The van der Waals surface area contributed by atoms with Crippen molar-refractivity contribution in [1.82, 2.24) is 0 Å². The van der Waals surface area contributed by atoms with E-state index >= 15 is 0 Å². The summed E-state index contributed by atoms with van der Waals surface area (Å²) >= 11 is 0. The third-order valence-corrected chi connectivity index (χ3v) is 5.50. The fraction of sp³-hybridized carbons (Fsp3) is 0.400. The number of nitrogens with two attached hydrogens (primary N) is 1. The quantitative estimate of drug-likeness (QED) is 0.858. The van der Waals surface area contributed by atoms with Gasteiger partial charge in [0, 0.05) is 17.0 Å². The Morgan fingerprint density at radius 1 is 0.810 bits per heavy atom. The third-order valence-electron chi connectivity index (χ3n) is 5.50. The Kier molecular flexibility index (Phi) is 3.31. The smallest absolute Gasteiger partial charge is 0.139 e. The Morgan fingerprint density at radius 3 is 2.00 bits per heavy atom. The molecular weight excluding hydrogens is 254 g/mol. The summed E-state index contributed by atoms with van der Waals surface area (Å²) < 4.78 is 0. The van der Waals surface area contributed by atoms with Crippen molar-refractivity contribution in [2.24, 2.45) is 5.92 Å². The number of hydrogen-bond donors (Lipinski definition) is 1. The second-order valence-corrected chi connectivity index (χ2v) is 6.77. The van der Waals surface area contributed by atoms with Gasteiger partial charge in [0.05, 0.1) is 6.04 Å². The van der Waals surface area contributed by atoms with Gasteiger partial charge in [0.2, 0.25) is 0 Å². The molecule has 1 fully saturated rings. The second kappa shape index (κ2) is 5.31. The van der Waals surface area contributed by atoms with Crippen LogP contribution in [0, 0.1) is 5.92 Å². The van der Waals surface area contributed by atoms with Crippen LogP contribution in [0.4, 0.5) is 0 Å². The lowest BCUT2D eigenvalue weighted by atomic mass is 9.85. The predicted molar refractivity (Wildman–Crippen MR) is 87.1 cm³/mol. The molecule has 1 nitrogen and oxygen atoms in total. The average molecular weight is 278 g/mol. The molecule has 2 aliphatic rings. The Labute approximate surface area is 127 Å². The zero-order valence-corrected chi connectivity index (χ0v) is 12.8. The van der Waals surface area contributed by atoms with Gasteiger partial charge in [0.15, 0.2) is 0 Å². The van der Waals surface area contributed by atoms with Gasteiger partial charge in [-0.1, -0.05) is 61.9 Å². The molecule has 2 N–H and O–H groups in total. The molecule has 0 amide bonds. The van der Waals surface area contributed by atoms with E-state index in [4.69, 9.17) is 0 Å². The first-order valence-electron chi connectivity index (χ1n) is 8.38. The fourth-order valence-corrected chi connectivity index (χ4v) is 4.28. The van der Waals surface area contributed by atoms with E-state index in [2.05, 4.69) is 60.8 Å². The van der Waals surface area contributed by atoms with Crippen molar-refractivity contribution >= 4 is 0 Å². The van der Waals surface area contributed by atoms with Gasteiger partial charge in [0.1, 0.15) is 6.04 Å². The van der Waals surface area contributed by atoms with E-state index in [0.717, 1.165) is 12.0 Å². The highest BCUT2D eigenvalue weighted by molar-refractivity contribution is 5.77. The van der Waals surface area contributed by atoms with Crippen molar-refractivity contribution in [3.8, 4) is 11.1 Å². The largest absolute Gasteiger partial charge is 0.334 e. The molecule has 2 aromatic carbocycles. The van der Waals surface area contributed by atoms with Gasteiger partial charge in [0.25, 0.3) is 0 Å². The van der Waals surface area contributed by atoms with E-state index in [1.807, 2.05) is 0 Å². The molecule has 0 radical (unpaired) electrons. The molecular formula is C20H24N+. The van der Waals surface area contributed by atoms with Gasteiger partial charge in [-0.15, -0.1) is 0 Å². The van der Waals surface area contributed by atoms with Crippen LogP contribution in [0.25, 0.3) is 11.1 Å². The lowest BCUT2D eigenvalue weighted by Crippen LogP contribution is -2.92. The minimum absolute atomic E-state index is 0.503.